The highest BCUT2D eigenvalue weighted by Gasteiger charge is 2.25. The number of hydrogen-bond acceptors (Lipinski definition) is 2. The molecule has 106 valence electrons. The van der Waals surface area contributed by atoms with Crippen molar-refractivity contribution in [2.45, 2.75) is 19.4 Å². The van der Waals surface area contributed by atoms with Crippen molar-refractivity contribution in [1.29, 1.82) is 0 Å². The SMILES string of the molecule is O=C(O)C1CCCN(Cc2c[nH]c3ccc(Br)cc23)C1. The highest BCUT2D eigenvalue weighted by Crippen LogP contribution is 2.25. The molecule has 1 aliphatic rings. The van der Waals surface area contributed by atoms with Crippen LogP contribution in [0.15, 0.2) is 28.9 Å². The third-order valence-electron chi connectivity index (χ3n) is 3.98. The summed E-state index contributed by atoms with van der Waals surface area (Å²) in [4.78, 5) is 16.6. The minimum atomic E-state index is -0.670. The van der Waals surface area contributed by atoms with E-state index in [1.807, 2.05) is 12.3 Å². The molecule has 0 bridgehead atoms. The molecule has 2 aromatic rings. The van der Waals surface area contributed by atoms with E-state index in [4.69, 9.17) is 5.11 Å². The first kappa shape index (κ1) is 13.6. The predicted octanol–water partition coefficient (Wildman–Crippen LogP) is 3.23. The van der Waals surface area contributed by atoms with E-state index in [1.165, 1.54) is 10.9 Å². The number of H-pyrrole nitrogens is 1. The molecular formula is C15H17BrN2O2. The van der Waals surface area contributed by atoms with Gasteiger partial charge in [0.15, 0.2) is 0 Å². The summed E-state index contributed by atoms with van der Waals surface area (Å²) in [5, 5.41) is 10.4. The highest BCUT2D eigenvalue weighted by atomic mass is 79.9. The summed E-state index contributed by atoms with van der Waals surface area (Å²) in [5.74, 6) is -0.892. The van der Waals surface area contributed by atoms with Crippen molar-refractivity contribution < 1.29 is 9.90 Å². The van der Waals surface area contributed by atoms with Gasteiger partial charge in [0.25, 0.3) is 0 Å². The number of aromatic nitrogens is 1. The lowest BCUT2D eigenvalue weighted by atomic mass is 9.98. The van der Waals surface area contributed by atoms with Crippen LogP contribution in [-0.2, 0) is 11.3 Å². The second-order valence-electron chi connectivity index (χ2n) is 5.42. The van der Waals surface area contributed by atoms with E-state index in [0.29, 0.717) is 6.54 Å². The van der Waals surface area contributed by atoms with Gasteiger partial charge in [-0.25, -0.2) is 0 Å². The van der Waals surface area contributed by atoms with E-state index < -0.39 is 5.97 Å². The minimum absolute atomic E-state index is 0.222. The lowest BCUT2D eigenvalue weighted by molar-refractivity contribution is -0.143. The number of benzene rings is 1. The normalized spacial score (nSPS) is 20.4. The maximum Gasteiger partial charge on any atom is 0.307 e. The van der Waals surface area contributed by atoms with Crippen molar-refractivity contribution in [2.24, 2.45) is 5.92 Å². The van der Waals surface area contributed by atoms with Crippen LogP contribution in [0.4, 0.5) is 0 Å². The molecule has 1 fully saturated rings. The van der Waals surface area contributed by atoms with Crippen LogP contribution < -0.4 is 0 Å². The zero-order valence-electron chi connectivity index (χ0n) is 11.1. The molecule has 1 aliphatic heterocycles. The van der Waals surface area contributed by atoms with Crippen LogP contribution in [-0.4, -0.2) is 34.0 Å². The van der Waals surface area contributed by atoms with Crippen molar-refractivity contribution >= 4 is 32.8 Å². The van der Waals surface area contributed by atoms with E-state index in [-0.39, 0.29) is 5.92 Å². The number of carboxylic acids is 1. The first-order chi connectivity index (χ1) is 9.63. The molecular weight excluding hydrogens is 320 g/mol. The fourth-order valence-electron chi connectivity index (χ4n) is 2.92. The van der Waals surface area contributed by atoms with Gasteiger partial charge < -0.3 is 10.1 Å². The number of nitrogens with zero attached hydrogens (tertiary/aromatic N) is 1. The molecule has 1 atom stereocenters. The standard InChI is InChI=1S/C15H17BrN2O2/c16-12-3-4-14-13(6-12)11(7-17-14)9-18-5-1-2-10(8-18)15(19)20/h3-4,6-7,10,17H,1-2,5,8-9H2,(H,19,20). The monoisotopic (exact) mass is 336 g/mol. The lowest BCUT2D eigenvalue weighted by Crippen LogP contribution is -2.38. The number of rotatable bonds is 3. The minimum Gasteiger partial charge on any atom is -0.481 e. The average molecular weight is 337 g/mol. The topological polar surface area (TPSA) is 56.3 Å². The van der Waals surface area contributed by atoms with E-state index in [1.54, 1.807) is 0 Å². The number of carboxylic acid groups (broad SMARTS) is 1. The molecule has 0 saturated carbocycles. The summed E-state index contributed by atoms with van der Waals surface area (Å²) in [6.07, 6.45) is 3.79. The van der Waals surface area contributed by atoms with E-state index in [9.17, 15) is 4.79 Å². The number of halogens is 1. The molecule has 1 saturated heterocycles. The number of carbonyl (C=O) groups is 1. The van der Waals surface area contributed by atoms with Crippen LogP contribution in [0.2, 0.25) is 0 Å². The van der Waals surface area contributed by atoms with Gasteiger partial charge in [0.05, 0.1) is 5.92 Å². The van der Waals surface area contributed by atoms with Crippen LogP contribution in [0.3, 0.4) is 0 Å². The molecule has 20 heavy (non-hydrogen) atoms. The number of aliphatic carboxylic acids is 1. The Balaban J connectivity index is 1.79. The largest absolute Gasteiger partial charge is 0.481 e. The molecule has 2 heterocycles. The number of aromatic amines is 1. The van der Waals surface area contributed by atoms with Gasteiger partial charge in [-0.2, -0.15) is 0 Å². The van der Waals surface area contributed by atoms with Gasteiger partial charge >= 0.3 is 5.97 Å². The molecule has 1 aromatic carbocycles. The molecule has 1 unspecified atom stereocenters. The van der Waals surface area contributed by atoms with E-state index in [2.05, 4.69) is 37.9 Å². The van der Waals surface area contributed by atoms with Gasteiger partial charge in [0.2, 0.25) is 0 Å². The zero-order valence-corrected chi connectivity index (χ0v) is 12.7. The first-order valence-corrected chi connectivity index (χ1v) is 7.63. The number of nitrogens with one attached hydrogen (secondary N) is 1. The quantitative estimate of drug-likeness (QED) is 0.904. The summed E-state index contributed by atoms with van der Waals surface area (Å²) in [7, 11) is 0. The fraction of sp³-hybridized carbons (Fsp3) is 0.400. The summed E-state index contributed by atoms with van der Waals surface area (Å²) in [6.45, 7) is 2.43. The van der Waals surface area contributed by atoms with Gasteiger partial charge in [-0.05, 0) is 43.1 Å². The van der Waals surface area contributed by atoms with Gasteiger partial charge in [-0.3, -0.25) is 9.69 Å². The zero-order chi connectivity index (χ0) is 14.1. The molecule has 0 amide bonds. The summed E-state index contributed by atoms with van der Waals surface area (Å²) in [6, 6.07) is 6.18. The Labute approximate surface area is 125 Å². The maximum absolute atomic E-state index is 11.1. The van der Waals surface area contributed by atoms with Gasteiger partial charge in [-0.15, -0.1) is 0 Å². The number of piperidine rings is 1. The first-order valence-electron chi connectivity index (χ1n) is 6.84. The third-order valence-corrected chi connectivity index (χ3v) is 4.47. The Morgan fingerprint density at radius 2 is 2.35 bits per heavy atom. The molecule has 0 radical (unpaired) electrons. The fourth-order valence-corrected chi connectivity index (χ4v) is 3.28. The van der Waals surface area contributed by atoms with Crippen LogP contribution in [0.5, 0.6) is 0 Å². The molecule has 1 aromatic heterocycles. The lowest BCUT2D eigenvalue weighted by Gasteiger charge is -2.30. The van der Waals surface area contributed by atoms with Gasteiger partial charge in [0, 0.05) is 34.7 Å². The second kappa shape index (κ2) is 5.58. The van der Waals surface area contributed by atoms with Gasteiger partial charge in [0.1, 0.15) is 0 Å². The molecule has 0 spiro atoms. The predicted molar refractivity (Wildman–Crippen MR) is 81.6 cm³/mol. The molecule has 0 aliphatic carbocycles. The van der Waals surface area contributed by atoms with E-state index >= 15 is 0 Å². The van der Waals surface area contributed by atoms with Crippen LogP contribution >= 0.6 is 15.9 Å². The Morgan fingerprint density at radius 3 is 3.15 bits per heavy atom. The number of fused-ring (bicyclic) bond motifs is 1. The van der Waals surface area contributed by atoms with Crippen molar-refractivity contribution in [3.05, 3.63) is 34.4 Å². The second-order valence-corrected chi connectivity index (χ2v) is 6.33. The summed E-state index contributed by atoms with van der Waals surface area (Å²) < 4.78 is 1.06. The maximum atomic E-state index is 11.1. The van der Waals surface area contributed by atoms with E-state index in [0.717, 1.165) is 35.9 Å². The molecule has 2 N–H and O–H groups in total. The van der Waals surface area contributed by atoms with Crippen molar-refractivity contribution in [3.8, 4) is 0 Å². The van der Waals surface area contributed by atoms with Crippen molar-refractivity contribution in [1.82, 2.24) is 9.88 Å². The molecule has 3 rings (SSSR count). The molecule has 4 nitrogen and oxygen atoms in total. The van der Waals surface area contributed by atoms with Crippen molar-refractivity contribution in [3.63, 3.8) is 0 Å². The smallest absolute Gasteiger partial charge is 0.307 e. The van der Waals surface area contributed by atoms with Crippen LogP contribution in [0.25, 0.3) is 10.9 Å². The Morgan fingerprint density at radius 1 is 1.50 bits per heavy atom. The van der Waals surface area contributed by atoms with Gasteiger partial charge in [-0.1, -0.05) is 15.9 Å². The Kier molecular flexibility index (Phi) is 3.81. The summed E-state index contributed by atoms with van der Waals surface area (Å²) in [5.41, 5.74) is 2.35. The average Bonchev–Trinajstić information content (AvgIpc) is 2.82. The third kappa shape index (κ3) is 2.74. The molecule has 5 heteroatoms. The summed E-state index contributed by atoms with van der Waals surface area (Å²) >= 11 is 3.50. The van der Waals surface area contributed by atoms with Crippen molar-refractivity contribution in [2.75, 3.05) is 13.1 Å². The highest BCUT2D eigenvalue weighted by molar-refractivity contribution is 9.10. The Bertz CT molecular complexity index is 638. The number of hydrogen-bond donors (Lipinski definition) is 2. The number of likely N-dealkylation sites (tertiary alicyclic amines) is 1. The Hall–Kier alpha value is -1.33. The van der Waals surface area contributed by atoms with Crippen LogP contribution in [0.1, 0.15) is 18.4 Å². The van der Waals surface area contributed by atoms with Crippen LogP contribution in [0, 0.1) is 5.92 Å².